The molecule has 6 nitrogen and oxygen atoms in total. The minimum absolute atomic E-state index is 0.0598. The lowest BCUT2D eigenvalue weighted by Crippen LogP contribution is -2.52. The number of thiophene rings is 1. The van der Waals surface area contributed by atoms with E-state index >= 15 is 0 Å². The maximum absolute atomic E-state index is 13.3. The van der Waals surface area contributed by atoms with Crippen LogP contribution in [0.4, 0.5) is 4.39 Å². The highest BCUT2D eigenvalue weighted by atomic mass is 32.1. The topological polar surface area (TPSA) is 55.9 Å². The number of piperazine rings is 1. The summed E-state index contributed by atoms with van der Waals surface area (Å²) in [6, 6.07) is 9.89. The molecule has 0 radical (unpaired) electrons. The maximum Gasteiger partial charge on any atom is 0.236 e. The van der Waals surface area contributed by atoms with Gasteiger partial charge in [0.05, 0.1) is 19.1 Å². The number of nitrogens with zero attached hydrogens (tertiary/aromatic N) is 3. The summed E-state index contributed by atoms with van der Waals surface area (Å²) in [5.41, 5.74) is 0.858. The van der Waals surface area contributed by atoms with Crippen molar-refractivity contribution in [2.24, 2.45) is 0 Å². The molecule has 2 heterocycles. The molecule has 3 rings (SSSR count). The summed E-state index contributed by atoms with van der Waals surface area (Å²) in [5, 5.41) is 5.08. The molecule has 1 aromatic carbocycles. The van der Waals surface area contributed by atoms with Gasteiger partial charge in [-0.1, -0.05) is 18.2 Å². The van der Waals surface area contributed by atoms with E-state index in [0.29, 0.717) is 13.1 Å². The Bertz CT molecular complexity index is 832. The average Bonchev–Trinajstić information content (AvgIpc) is 3.30. The van der Waals surface area contributed by atoms with Gasteiger partial charge in [0.25, 0.3) is 0 Å². The number of carbonyl (C=O) groups is 2. The molecule has 0 saturated carbocycles. The van der Waals surface area contributed by atoms with E-state index in [0.717, 1.165) is 49.7 Å². The molecule has 1 N–H and O–H groups in total. The van der Waals surface area contributed by atoms with Crippen molar-refractivity contribution in [2.75, 3.05) is 52.4 Å². The van der Waals surface area contributed by atoms with Crippen LogP contribution in [-0.2, 0) is 9.59 Å². The van der Waals surface area contributed by atoms with Crippen molar-refractivity contribution in [3.05, 3.63) is 58.0 Å². The van der Waals surface area contributed by atoms with E-state index in [9.17, 15) is 14.0 Å². The van der Waals surface area contributed by atoms with Crippen LogP contribution in [0.2, 0.25) is 0 Å². The summed E-state index contributed by atoms with van der Waals surface area (Å²) in [7, 11) is 0. The molecule has 0 aliphatic carbocycles. The van der Waals surface area contributed by atoms with Crippen LogP contribution in [-0.4, -0.2) is 78.9 Å². The smallest absolute Gasteiger partial charge is 0.236 e. The Hall–Kier alpha value is -2.29. The predicted octanol–water partition coefficient (Wildman–Crippen LogP) is 2.58. The first-order valence-corrected chi connectivity index (χ1v) is 11.7. The van der Waals surface area contributed by atoms with E-state index in [4.69, 9.17) is 0 Å². The Morgan fingerprint density at radius 1 is 1.03 bits per heavy atom. The van der Waals surface area contributed by atoms with Crippen LogP contribution < -0.4 is 5.32 Å². The lowest BCUT2D eigenvalue weighted by atomic mass is 10.1. The van der Waals surface area contributed by atoms with Crippen molar-refractivity contribution in [3.8, 4) is 0 Å². The maximum atomic E-state index is 13.3. The predicted molar refractivity (Wildman–Crippen MR) is 122 cm³/mol. The van der Waals surface area contributed by atoms with Crippen molar-refractivity contribution in [2.45, 2.75) is 19.9 Å². The highest BCUT2D eigenvalue weighted by Crippen LogP contribution is 2.26. The molecule has 2 aromatic rings. The molecule has 168 valence electrons. The van der Waals surface area contributed by atoms with E-state index in [-0.39, 0.29) is 23.7 Å². The van der Waals surface area contributed by atoms with Crippen LogP contribution >= 0.6 is 11.3 Å². The normalized spacial score (nSPS) is 16.1. The first kappa shape index (κ1) is 23.4. The molecule has 1 unspecified atom stereocenters. The number of hydrogen-bond donors (Lipinski definition) is 1. The van der Waals surface area contributed by atoms with Gasteiger partial charge < -0.3 is 10.2 Å². The van der Waals surface area contributed by atoms with Crippen LogP contribution in [0, 0.1) is 5.82 Å². The second-order valence-electron chi connectivity index (χ2n) is 7.69. The molecule has 0 bridgehead atoms. The van der Waals surface area contributed by atoms with E-state index in [1.165, 1.54) is 12.1 Å². The van der Waals surface area contributed by atoms with Crippen LogP contribution in [0.15, 0.2) is 41.8 Å². The fourth-order valence-corrected chi connectivity index (χ4v) is 4.61. The van der Waals surface area contributed by atoms with Gasteiger partial charge in [-0.3, -0.25) is 19.4 Å². The number of hydrogen-bond acceptors (Lipinski definition) is 5. The lowest BCUT2D eigenvalue weighted by Gasteiger charge is -2.35. The van der Waals surface area contributed by atoms with Gasteiger partial charge in [-0.25, -0.2) is 4.39 Å². The molecule has 1 fully saturated rings. The number of rotatable bonds is 9. The molecule has 2 amide bonds. The Labute approximate surface area is 187 Å². The van der Waals surface area contributed by atoms with E-state index in [1.54, 1.807) is 23.5 Å². The first-order chi connectivity index (χ1) is 15.0. The van der Waals surface area contributed by atoms with Crippen LogP contribution in [0.1, 0.15) is 30.3 Å². The molecule has 1 atom stereocenters. The summed E-state index contributed by atoms with van der Waals surface area (Å²) in [5.74, 6) is -0.193. The third-order valence-corrected chi connectivity index (χ3v) is 6.58. The van der Waals surface area contributed by atoms with Crippen molar-refractivity contribution >= 4 is 23.2 Å². The van der Waals surface area contributed by atoms with E-state index in [1.807, 2.05) is 36.3 Å². The average molecular weight is 447 g/mol. The molecule has 8 heteroatoms. The highest BCUT2D eigenvalue weighted by molar-refractivity contribution is 7.10. The summed E-state index contributed by atoms with van der Waals surface area (Å²) in [4.78, 5) is 32.2. The summed E-state index contributed by atoms with van der Waals surface area (Å²) in [6.07, 6.45) is 0. The van der Waals surface area contributed by atoms with Gasteiger partial charge in [0.2, 0.25) is 11.8 Å². The Balaban J connectivity index is 1.52. The minimum Gasteiger partial charge on any atom is -0.343 e. The fourth-order valence-electron chi connectivity index (χ4n) is 3.81. The van der Waals surface area contributed by atoms with Crippen LogP contribution in [0.3, 0.4) is 0 Å². The van der Waals surface area contributed by atoms with Gasteiger partial charge >= 0.3 is 0 Å². The van der Waals surface area contributed by atoms with Gasteiger partial charge in [-0.15, -0.1) is 11.3 Å². The zero-order chi connectivity index (χ0) is 22.2. The summed E-state index contributed by atoms with van der Waals surface area (Å²) < 4.78 is 13.3. The molecule has 1 aliphatic heterocycles. The highest BCUT2D eigenvalue weighted by Gasteiger charge is 2.24. The molecule has 31 heavy (non-hydrogen) atoms. The monoisotopic (exact) mass is 446 g/mol. The Morgan fingerprint density at radius 3 is 2.19 bits per heavy atom. The van der Waals surface area contributed by atoms with Crippen molar-refractivity contribution < 1.29 is 14.0 Å². The van der Waals surface area contributed by atoms with Crippen molar-refractivity contribution in [3.63, 3.8) is 0 Å². The number of amides is 2. The number of benzene rings is 1. The van der Waals surface area contributed by atoms with E-state index < -0.39 is 0 Å². The second kappa shape index (κ2) is 11.4. The lowest BCUT2D eigenvalue weighted by molar-refractivity contribution is -0.133. The van der Waals surface area contributed by atoms with Crippen LogP contribution in [0.5, 0.6) is 0 Å². The zero-order valence-corrected chi connectivity index (χ0v) is 19.0. The standard InChI is InChI=1S/C23H31FN4O2S/c1-3-28(4-2)22(30)17-27-13-11-26(12-14-27)16-21(29)25-23(20-6-5-15-31-20)18-7-9-19(24)10-8-18/h5-10,15,23H,3-4,11-14,16-17H2,1-2H3,(H,25,29). The fraction of sp³-hybridized carbons (Fsp3) is 0.478. The van der Waals surface area contributed by atoms with E-state index in [2.05, 4.69) is 15.1 Å². The van der Waals surface area contributed by atoms with Crippen LogP contribution in [0.25, 0.3) is 0 Å². The zero-order valence-electron chi connectivity index (χ0n) is 18.2. The molecule has 1 aliphatic rings. The Kier molecular flexibility index (Phi) is 8.57. The summed E-state index contributed by atoms with van der Waals surface area (Å²) in [6.45, 7) is 9.23. The number of likely N-dealkylation sites (N-methyl/N-ethyl adjacent to an activating group) is 1. The van der Waals surface area contributed by atoms with Gasteiger partial charge in [0.1, 0.15) is 5.82 Å². The molecule has 0 spiro atoms. The van der Waals surface area contributed by atoms with Gasteiger partial charge in [-0.05, 0) is 43.0 Å². The molecule has 1 saturated heterocycles. The van der Waals surface area contributed by atoms with Crippen molar-refractivity contribution in [1.29, 1.82) is 0 Å². The summed E-state index contributed by atoms with van der Waals surface area (Å²) >= 11 is 1.57. The number of halogens is 1. The van der Waals surface area contributed by atoms with Gasteiger partial charge in [-0.2, -0.15) is 0 Å². The molecule has 1 aromatic heterocycles. The molecular weight excluding hydrogens is 415 g/mol. The largest absolute Gasteiger partial charge is 0.343 e. The quantitative estimate of drug-likeness (QED) is 0.643. The van der Waals surface area contributed by atoms with Gasteiger partial charge in [0, 0.05) is 44.1 Å². The number of nitrogens with one attached hydrogen (secondary N) is 1. The SMILES string of the molecule is CCN(CC)C(=O)CN1CCN(CC(=O)NC(c2ccc(F)cc2)c2cccs2)CC1. The molecular formula is C23H31FN4O2S. The minimum atomic E-state index is -0.294. The second-order valence-corrected chi connectivity index (χ2v) is 8.67. The third-order valence-electron chi connectivity index (χ3n) is 5.64. The third kappa shape index (κ3) is 6.59. The Morgan fingerprint density at radius 2 is 1.65 bits per heavy atom. The van der Waals surface area contributed by atoms with Gasteiger partial charge in [0.15, 0.2) is 0 Å². The van der Waals surface area contributed by atoms with Crippen molar-refractivity contribution in [1.82, 2.24) is 20.0 Å². The number of carbonyl (C=O) groups excluding carboxylic acids is 2. The first-order valence-electron chi connectivity index (χ1n) is 10.8.